The summed E-state index contributed by atoms with van der Waals surface area (Å²) in [6.07, 6.45) is 0.790. The molecule has 0 aromatic heterocycles. The lowest BCUT2D eigenvalue weighted by Gasteiger charge is -2.28. The Morgan fingerprint density at radius 2 is 1.93 bits per heavy atom. The van der Waals surface area contributed by atoms with Crippen LogP contribution in [0.5, 0.6) is 0 Å². The van der Waals surface area contributed by atoms with Crippen molar-refractivity contribution in [3.63, 3.8) is 0 Å². The third kappa shape index (κ3) is 5.17. The highest BCUT2D eigenvalue weighted by atomic mass is 28.4. The first-order valence-corrected chi connectivity index (χ1v) is 6.53. The van der Waals surface area contributed by atoms with E-state index in [4.69, 9.17) is 19.0 Å². The molecule has 0 amide bonds. The van der Waals surface area contributed by atoms with Crippen molar-refractivity contribution in [2.24, 2.45) is 10.7 Å². The molecule has 0 saturated heterocycles. The van der Waals surface area contributed by atoms with Gasteiger partial charge in [0, 0.05) is 26.3 Å². The topological polar surface area (TPSA) is 83.1 Å². The molecule has 0 aliphatic rings. The average molecular weight is 234 g/mol. The Bertz CT molecular complexity index is 227. The summed E-state index contributed by atoms with van der Waals surface area (Å²) < 4.78 is 16.0. The minimum absolute atomic E-state index is 0.107. The summed E-state index contributed by atoms with van der Waals surface area (Å²) in [5.74, 6) is 0. The normalized spacial score (nSPS) is 15.5. The van der Waals surface area contributed by atoms with Crippen LogP contribution in [0.4, 0.5) is 0 Å². The van der Waals surface area contributed by atoms with Gasteiger partial charge in [-0.2, -0.15) is 4.99 Å². The molecule has 0 bridgehead atoms. The van der Waals surface area contributed by atoms with E-state index in [9.17, 15) is 4.79 Å². The summed E-state index contributed by atoms with van der Waals surface area (Å²) in [4.78, 5) is 13.5. The van der Waals surface area contributed by atoms with Gasteiger partial charge >= 0.3 is 8.80 Å². The van der Waals surface area contributed by atoms with Crippen LogP contribution in [0, 0.1) is 0 Å². The Balaban J connectivity index is 4.54. The van der Waals surface area contributed by atoms with Crippen LogP contribution in [-0.2, 0) is 18.1 Å². The van der Waals surface area contributed by atoms with Gasteiger partial charge in [-0.1, -0.05) is 0 Å². The van der Waals surface area contributed by atoms with Crippen molar-refractivity contribution >= 4 is 14.9 Å². The summed E-state index contributed by atoms with van der Waals surface area (Å²) in [5, 5.41) is 0. The van der Waals surface area contributed by atoms with E-state index in [0.717, 1.165) is 0 Å². The summed E-state index contributed by atoms with van der Waals surface area (Å²) in [6.45, 7) is 3.45. The van der Waals surface area contributed by atoms with Crippen LogP contribution in [0.2, 0.25) is 6.04 Å². The number of carbonyl (C=O) groups excluding carboxylic acids is 1. The minimum Gasteiger partial charge on any atom is -0.377 e. The Morgan fingerprint density at radius 3 is 2.27 bits per heavy atom. The molecule has 0 radical (unpaired) electrons. The largest absolute Gasteiger partial charge is 0.503 e. The van der Waals surface area contributed by atoms with Gasteiger partial charge in [-0.05, 0) is 13.8 Å². The fourth-order valence-corrected chi connectivity index (χ4v) is 3.30. The third-order valence-electron chi connectivity index (χ3n) is 1.78. The van der Waals surface area contributed by atoms with Crippen LogP contribution in [0.3, 0.4) is 0 Å². The molecule has 0 aliphatic carbocycles. The molecule has 2 N–H and O–H groups in total. The van der Waals surface area contributed by atoms with Crippen molar-refractivity contribution in [3.8, 4) is 0 Å². The molecular formula is C8H18N2O4Si. The zero-order valence-corrected chi connectivity index (χ0v) is 10.5. The van der Waals surface area contributed by atoms with E-state index >= 15 is 0 Å². The lowest BCUT2D eigenvalue weighted by molar-refractivity contribution is 0.0651. The minimum atomic E-state index is -2.80. The smallest absolute Gasteiger partial charge is 0.377 e. The quantitative estimate of drug-likeness (QED) is 0.388. The molecule has 15 heavy (non-hydrogen) atoms. The summed E-state index contributed by atoms with van der Waals surface area (Å²) in [5.41, 5.74) is 5.67. The van der Waals surface area contributed by atoms with Gasteiger partial charge in [0.05, 0.1) is 0 Å². The predicted molar refractivity (Wildman–Crippen MR) is 56.9 cm³/mol. The molecular weight excluding hydrogens is 216 g/mol. The first-order valence-electron chi connectivity index (χ1n) is 4.60. The highest BCUT2D eigenvalue weighted by molar-refractivity contribution is 6.60. The van der Waals surface area contributed by atoms with E-state index in [2.05, 4.69) is 4.99 Å². The number of rotatable bonds is 7. The maximum atomic E-state index is 10.0. The van der Waals surface area contributed by atoms with Crippen molar-refractivity contribution in [1.82, 2.24) is 0 Å². The first kappa shape index (κ1) is 14.4. The zero-order valence-electron chi connectivity index (χ0n) is 9.52. The van der Waals surface area contributed by atoms with Gasteiger partial charge in [0.2, 0.25) is 6.08 Å². The maximum absolute atomic E-state index is 10.0. The molecule has 0 aromatic rings. The Hall–Kier alpha value is -0.563. The second-order valence-electron chi connectivity index (χ2n) is 3.21. The van der Waals surface area contributed by atoms with Crippen molar-refractivity contribution in [2.45, 2.75) is 32.2 Å². The van der Waals surface area contributed by atoms with Crippen LogP contribution in [-0.4, -0.2) is 41.4 Å². The molecule has 0 saturated carbocycles. The van der Waals surface area contributed by atoms with Gasteiger partial charge in [-0.15, -0.1) is 0 Å². The monoisotopic (exact) mass is 234 g/mol. The fraction of sp³-hybridized carbons (Fsp3) is 0.875. The van der Waals surface area contributed by atoms with Gasteiger partial charge in [0.15, 0.2) is 6.23 Å². The standard InChI is InChI=1S/C8H18N2O4Si/c1-7(9)5-15(12-3,13-4)14-8(2)10-6-11/h7-8H,5,9H2,1-4H3. The van der Waals surface area contributed by atoms with E-state index in [0.29, 0.717) is 6.04 Å². The molecule has 2 unspecified atom stereocenters. The SMILES string of the molecule is CO[Si](CC(C)N)(OC)OC(C)N=C=O. The van der Waals surface area contributed by atoms with E-state index in [-0.39, 0.29) is 6.04 Å². The molecule has 0 rings (SSSR count). The molecule has 88 valence electrons. The number of hydrogen-bond donors (Lipinski definition) is 1. The molecule has 0 heterocycles. The lowest BCUT2D eigenvalue weighted by atomic mass is 10.4. The van der Waals surface area contributed by atoms with Crippen molar-refractivity contribution < 1.29 is 18.1 Å². The molecule has 0 spiro atoms. The number of isocyanates is 1. The van der Waals surface area contributed by atoms with Gasteiger partial charge in [-0.3, -0.25) is 0 Å². The highest BCUT2D eigenvalue weighted by Crippen LogP contribution is 2.17. The molecule has 0 aromatic carbocycles. The molecule has 0 aliphatic heterocycles. The first-order chi connectivity index (χ1) is 6.99. The lowest BCUT2D eigenvalue weighted by Crippen LogP contribution is -2.49. The molecule has 2 atom stereocenters. The summed E-state index contributed by atoms with van der Waals surface area (Å²) >= 11 is 0. The number of nitrogens with zero attached hydrogens (tertiary/aromatic N) is 1. The zero-order chi connectivity index (χ0) is 11.9. The Morgan fingerprint density at radius 1 is 1.40 bits per heavy atom. The second-order valence-corrected chi connectivity index (χ2v) is 6.04. The van der Waals surface area contributed by atoms with Gasteiger partial charge in [-0.25, -0.2) is 4.79 Å². The fourth-order valence-electron chi connectivity index (χ4n) is 1.15. The van der Waals surface area contributed by atoms with Gasteiger partial charge in [0.1, 0.15) is 0 Å². The summed E-state index contributed by atoms with van der Waals surface area (Å²) in [7, 11) is 0.186. The summed E-state index contributed by atoms with van der Waals surface area (Å²) in [6, 6.07) is 0.364. The Kier molecular flexibility index (Phi) is 6.58. The Labute approximate surface area is 90.8 Å². The van der Waals surface area contributed by atoms with Crippen LogP contribution in [0.1, 0.15) is 13.8 Å². The highest BCUT2D eigenvalue weighted by Gasteiger charge is 2.41. The van der Waals surface area contributed by atoms with Crippen LogP contribution in [0.25, 0.3) is 0 Å². The van der Waals surface area contributed by atoms with E-state index in [1.807, 2.05) is 6.92 Å². The predicted octanol–water partition coefficient (Wildman–Crippen LogP) is 0.264. The van der Waals surface area contributed by atoms with Gasteiger partial charge in [0.25, 0.3) is 0 Å². The van der Waals surface area contributed by atoms with Crippen LogP contribution >= 0.6 is 0 Å². The number of nitrogens with two attached hydrogens (primary N) is 1. The van der Waals surface area contributed by atoms with Crippen LogP contribution < -0.4 is 5.73 Å². The molecule has 6 nitrogen and oxygen atoms in total. The van der Waals surface area contributed by atoms with E-state index < -0.39 is 15.0 Å². The van der Waals surface area contributed by atoms with Crippen molar-refractivity contribution in [1.29, 1.82) is 0 Å². The van der Waals surface area contributed by atoms with Gasteiger partial charge < -0.3 is 19.0 Å². The van der Waals surface area contributed by atoms with E-state index in [1.54, 1.807) is 6.92 Å². The average Bonchev–Trinajstić information content (AvgIpc) is 2.16. The number of hydrogen-bond acceptors (Lipinski definition) is 6. The molecule has 7 heteroatoms. The number of aliphatic imine (C=N–C) groups is 1. The van der Waals surface area contributed by atoms with Crippen LogP contribution in [0.15, 0.2) is 4.99 Å². The van der Waals surface area contributed by atoms with Crippen molar-refractivity contribution in [2.75, 3.05) is 14.2 Å². The maximum Gasteiger partial charge on any atom is 0.503 e. The van der Waals surface area contributed by atoms with E-state index in [1.165, 1.54) is 20.3 Å². The van der Waals surface area contributed by atoms with Crippen molar-refractivity contribution in [3.05, 3.63) is 0 Å². The second kappa shape index (κ2) is 6.84. The third-order valence-corrected chi connectivity index (χ3v) is 4.87. The molecule has 0 fully saturated rings.